The first-order valence-corrected chi connectivity index (χ1v) is 6.59. The zero-order valence-electron chi connectivity index (χ0n) is 8.53. The number of aromatic nitrogens is 1. The van der Waals surface area contributed by atoms with Crippen molar-refractivity contribution in [3.05, 3.63) is 43.8 Å². The highest BCUT2D eigenvalue weighted by atomic mass is 127. The molecule has 1 N–H and O–H groups in total. The number of rotatable bonds is 2. The van der Waals surface area contributed by atoms with Crippen molar-refractivity contribution >= 4 is 45.7 Å². The largest absolute Gasteiger partial charge is 0.306 e. The van der Waals surface area contributed by atoms with E-state index in [2.05, 4.69) is 32.9 Å². The van der Waals surface area contributed by atoms with Gasteiger partial charge in [0.2, 0.25) is 0 Å². The molecule has 0 radical (unpaired) electrons. The van der Waals surface area contributed by atoms with Gasteiger partial charge in [0, 0.05) is 9.77 Å². The lowest BCUT2D eigenvalue weighted by atomic mass is 10.3. The van der Waals surface area contributed by atoms with E-state index in [0.29, 0.717) is 5.82 Å². The lowest BCUT2D eigenvalue weighted by molar-refractivity contribution is 0.102. The van der Waals surface area contributed by atoms with Gasteiger partial charge in [-0.15, -0.1) is 11.3 Å². The lowest BCUT2D eigenvalue weighted by Crippen LogP contribution is -2.12. The number of nitrogens with zero attached hydrogens (tertiary/aromatic N) is 1. The Kier molecular flexibility index (Phi) is 3.55. The van der Waals surface area contributed by atoms with Crippen LogP contribution in [0.15, 0.2) is 29.8 Å². The van der Waals surface area contributed by atoms with Crippen LogP contribution >= 0.6 is 33.9 Å². The summed E-state index contributed by atoms with van der Waals surface area (Å²) in [4.78, 5) is 16.7. The molecule has 0 spiro atoms. The van der Waals surface area contributed by atoms with E-state index in [1.807, 2.05) is 24.4 Å². The van der Waals surface area contributed by atoms with Crippen LogP contribution in [0.2, 0.25) is 0 Å². The quantitative estimate of drug-likeness (QED) is 0.850. The number of aryl methyl sites for hydroxylation is 1. The zero-order valence-corrected chi connectivity index (χ0v) is 11.5. The standard InChI is InChI=1S/C11H9IN2OS/c1-7-4-5-16-10(7)11(15)14-9-3-2-8(12)6-13-9/h2-6H,1H3,(H,13,14,15). The maximum absolute atomic E-state index is 11.8. The number of carbonyl (C=O) groups is 1. The van der Waals surface area contributed by atoms with Crippen LogP contribution in [0.1, 0.15) is 15.2 Å². The summed E-state index contributed by atoms with van der Waals surface area (Å²) in [5.41, 5.74) is 0.994. The minimum Gasteiger partial charge on any atom is -0.306 e. The summed E-state index contributed by atoms with van der Waals surface area (Å²) >= 11 is 3.61. The van der Waals surface area contributed by atoms with E-state index in [1.165, 1.54) is 11.3 Å². The average Bonchev–Trinajstić information content (AvgIpc) is 2.68. The van der Waals surface area contributed by atoms with Crippen molar-refractivity contribution in [2.45, 2.75) is 6.92 Å². The van der Waals surface area contributed by atoms with Gasteiger partial charge in [-0.25, -0.2) is 4.98 Å². The molecule has 0 bridgehead atoms. The highest BCUT2D eigenvalue weighted by Crippen LogP contribution is 2.17. The van der Waals surface area contributed by atoms with Gasteiger partial charge in [-0.2, -0.15) is 0 Å². The number of anilines is 1. The Morgan fingerprint density at radius 1 is 1.44 bits per heavy atom. The van der Waals surface area contributed by atoms with Crippen LogP contribution in [-0.4, -0.2) is 10.9 Å². The molecule has 2 rings (SSSR count). The Bertz CT molecular complexity index is 507. The van der Waals surface area contributed by atoms with Crippen LogP contribution in [-0.2, 0) is 0 Å². The van der Waals surface area contributed by atoms with Crippen molar-refractivity contribution in [2.24, 2.45) is 0 Å². The summed E-state index contributed by atoms with van der Waals surface area (Å²) in [5.74, 6) is 0.486. The van der Waals surface area contributed by atoms with Crippen LogP contribution < -0.4 is 5.32 Å². The molecule has 0 saturated carbocycles. The number of hydrogen-bond acceptors (Lipinski definition) is 3. The second-order valence-electron chi connectivity index (χ2n) is 3.25. The molecule has 0 aliphatic carbocycles. The van der Waals surface area contributed by atoms with Gasteiger partial charge in [0.15, 0.2) is 0 Å². The van der Waals surface area contributed by atoms with E-state index in [4.69, 9.17) is 0 Å². The van der Waals surface area contributed by atoms with Gasteiger partial charge in [0.05, 0.1) is 4.88 Å². The van der Waals surface area contributed by atoms with Crippen molar-refractivity contribution in [1.29, 1.82) is 0 Å². The summed E-state index contributed by atoms with van der Waals surface area (Å²) in [7, 11) is 0. The maximum Gasteiger partial charge on any atom is 0.267 e. The molecule has 0 aliphatic rings. The van der Waals surface area contributed by atoms with Gasteiger partial charge in [-0.05, 0) is 58.7 Å². The van der Waals surface area contributed by atoms with Crippen LogP contribution in [0.4, 0.5) is 5.82 Å². The number of nitrogens with one attached hydrogen (secondary N) is 1. The van der Waals surface area contributed by atoms with Gasteiger partial charge >= 0.3 is 0 Å². The first-order valence-electron chi connectivity index (χ1n) is 4.64. The van der Waals surface area contributed by atoms with Gasteiger partial charge in [0.1, 0.15) is 5.82 Å². The third-order valence-corrected chi connectivity index (χ3v) is 3.69. The Morgan fingerprint density at radius 3 is 2.81 bits per heavy atom. The third kappa shape index (κ3) is 2.59. The van der Waals surface area contributed by atoms with E-state index in [9.17, 15) is 4.79 Å². The molecule has 1 amide bonds. The van der Waals surface area contributed by atoms with Crippen LogP contribution in [0.3, 0.4) is 0 Å². The summed E-state index contributed by atoms with van der Waals surface area (Å²) in [5, 5.41) is 4.68. The van der Waals surface area contributed by atoms with Gasteiger partial charge in [-0.3, -0.25) is 4.79 Å². The molecule has 2 aromatic heterocycles. The minimum absolute atomic E-state index is 0.0961. The molecule has 3 nitrogen and oxygen atoms in total. The smallest absolute Gasteiger partial charge is 0.267 e. The molecule has 0 fully saturated rings. The van der Waals surface area contributed by atoms with E-state index in [0.717, 1.165) is 14.0 Å². The molecule has 82 valence electrons. The van der Waals surface area contributed by atoms with Gasteiger partial charge < -0.3 is 5.32 Å². The average molecular weight is 344 g/mol. The van der Waals surface area contributed by atoms with Gasteiger partial charge in [-0.1, -0.05) is 0 Å². The van der Waals surface area contributed by atoms with Crippen LogP contribution in [0.25, 0.3) is 0 Å². The lowest BCUT2D eigenvalue weighted by Gasteiger charge is -2.03. The molecule has 0 saturated heterocycles. The van der Waals surface area contributed by atoms with Crippen molar-refractivity contribution in [1.82, 2.24) is 4.98 Å². The van der Waals surface area contributed by atoms with Crippen LogP contribution in [0, 0.1) is 10.5 Å². The molecule has 2 heterocycles. The van der Waals surface area contributed by atoms with Crippen molar-refractivity contribution in [3.63, 3.8) is 0 Å². The Hall–Kier alpha value is -0.950. The third-order valence-electron chi connectivity index (χ3n) is 2.04. The Morgan fingerprint density at radius 2 is 2.25 bits per heavy atom. The molecule has 5 heteroatoms. The molecular weight excluding hydrogens is 335 g/mol. The summed E-state index contributed by atoms with van der Waals surface area (Å²) in [6.07, 6.45) is 1.72. The predicted octanol–water partition coefficient (Wildman–Crippen LogP) is 3.31. The summed E-state index contributed by atoms with van der Waals surface area (Å²) in [6, 6.07) is 5.63. The molecular formula is C11H9IN2OS. The normalized spacial score (nSPS) is 10.1. The minimum atomic E-state index is -0.0961. The first kappa shape index (κ1) is 11.5. The fraction of sp³-hybridized carbons (Fsp3) is 0.0909. The van der Waals surface area contributed by atoms with E-state index >= 15 is 0 Å². The number of halogens is 1. The SMILES string of the molecule is Cc1ccsc1C(=O)Nc1ccc(I)cn1. The second-order valence-corrected chi connectivity index (χ2v) is 5.41. The fourth-order valence-corrected chi connectivity index (χ4v) is 2.37. The van der Waals surface area contributed by atoms with Crippen molar-refractivity contribution in [3.8, 4) is 0 Å². The Balaban J connectivity index is 2.14. The second kappa shape index (κ2) is 4.92. The number of pyridine rings is 1. The maximum atomic E-state index is 11.8. The Labute approximate surface area is 111 Å². The number of amides is 1. The van der Waals surface area contributed by atoms with Crippen LogP contribution in [0.5, 0.6) is 0 Å². The number of thiophene rings is 1. The fourth-order valence-electron chi connectivity index (χ4n) is 1.23. The zero-order chi connectivity index (χ0) is 11.5. The van der Waals surface area contributed by atoms with E-state index in [-0.39, 0.29) is 5.91 Å². The first-order chi connectivity index (χ1) is 7.66. The van der Waals surface area contributed by atoms with E-state index < -0.39 is 0 Å². The van der Waals surface area contributed by atoms with Gasteiger partial charge in [0.25, 0.3) is 5.91 Å². The monoisotopic (exact) mass is 344 g/mol. The molecule has 16 heavy (non-hydrogen) atoms. The molecule has 0 unspecified atom stereocenters. The molecule has 0 atom stereocenters. The molecule has 2 aromatic rings. The summed E-state index contributed by atoms with van der Waals surface area (Å²) in [6.45, 7) is 1.92. The highest BCUT2D eigenvalue weighted by Gasteiger charge is 2.10. The molecule has 0 aromatic carbocycles. The predicted molar refractivity (Wildman–Crippen MR) is 74.0 cm³/mol. The van der Waals surface area contributed by atoms with Crippen molar-refractivity contribution < 1.29 is 4.79 Å². The number of carbonyl (C=O) groups excluding carboxylic acids is 1. The topological polar surface area (TPSA) is 42.0 Å². The molecule has 0 aliphatic heterocycles. The summed E-state index contributed by atoms with van der Waals surface area (Å²) < 4.78 is 1.04. The number of hydrogen-bond donors (Lipinski definition) is 1. The van der Waals surface area contributed by atoms with E-state index in [1.54, 1.807) is 12.3 Å². The highest BCUT2D eigenvalue weighted by molar-refractivity contribution is 14.1. The van der Waals surface area contributed by atoms with Crippen molar-refractivity contribution in [2.75, 3.05) is 5.32 Å².